The van der Waals surface area contributed by atoms with E-state index in [2.05, 4.69) is 4.99 Å². The molecule has 0 aliphatic carbocycles. The Morgan fingerprint density at radius 1 is 1.06 bits per heavy atom. The van der Waals surface area contributed by atoms with Gasteiger partial charge in [-0.25, -0.2) is 9.79 Å². The number of rotatable bonds is 6. The van der Waals surface area contributed by atoms with Gasteiger partial charge < -0.3 is 9.47 Å². The molecule has 0 bridgehead atoms. The average molecular weight is 469 g/mol. The van der Waals surface area contributed by atoms with Gasteiger partial charge in [-0.05, 0) is 47.5 Å². The molecule has 1 heterocycles. The van der Waals surface area contributed by atoms with Gasteiger partial charge in [0.2, 0.25) is 5.90 Å². The summed E-state index contributed by atoms with van der Waals surface area (Å²) < 4.78 is 10.9. The third-order valence-electron chi connectivity index (χ3n) is 4.49. The highest BCUT2D eigenvalue weighted by atomic mass is 35.5. The summed E-state index contributed by atoms with van der Waals surface area (Å²) in [5, 5.41) is 11.7. The number of esters is 1. The van der Waals surface area contributed by atoms with Crippen LogP contribution in [0.25, 0.3) is 6.08 Å². The molecule has 0 saturated carbocycles. The van der Waals surface area contributed by atoms with Gasteiger partial charge in [0.25, 0.3) is 5.69 Å². The predicted octanol–water partition coefficient (Wildman–Crippen LogP) is 5.83. The number of ether oxygens (including phenoxy) is 2. The lowest BCUT2D eigenvalue weighted by Crippen LogP contribution is -2.05. The van der Waals surface area contributed by atoms with Crippen LogP contribution in [-0.2, 0) is 16.1 Å². The van der Waals surface area contributed by atoms with Crippen molar-refractivity contribution in [2.45, 2.75) is 6.61 Å². The molecule has 4 rings (SSSR count). The molecular weight excluding hydrogens is 455 g/mol. The molecule has 9 heteroatoms. The lowest BCUT2D eigenvalue weighted by Gasteiger charge is -2.06. The molecule has 3 aromatic carbocycles. The van der Waals surface area contributed by atoms with Gasteiger partial charge in [-0.2, -0.15) is 0 Å². The maximum atomic E-state index is 12.2. The zero-order valence-corrected chi connectivity index (χ0v) is 17.8. The van der Waals surface area contributed by atoms with Crippen LogP contribution in [0, 0.1) is 10.1 Å². The van der Waals surface area contributed by atoms with Crippen LogP contribution in [0.15, 0.2) is 77.4 Å². The molecule has 0 saturated heterocycles. The number of non-ortho nitro benzene ring substituents is 1. The zero-order valence-electron chi connectivity index (χ0n) is 16.3. The first-order valence-corrected chi connectivity index (χ1v) is 10.1. The molecule has 7 nitrogen and oxygen atoms in total. The first-order chi connectivity index (χ1) is 15.4. The Labute approximate surface area is 192 Å². The fourth-order valence-corrected chi connectivity index (χ4v) is 3.42. The number of carbonyl (C=O) groups excluding carboxylic acids is 1. The van der Waals surface area contributed by atoms with Crippen LogP contribution in [0.1, 0.15) is 16.7 Å². The van der Waals surface area contributed by atoms with Crippen molar-refractivity contribution in [2.75, 3.05) is 0 Å². The normalized spacial score (nSPS) is 14.2. The van der Waals surface area contributed by atoms with E-state index in [1.54, 1.807) is 60.7 Å². The van der Waals surface area contributed by atoms with E-state index >= 15 is 0 Å². The molecule has 0 amide bonds. The van der Waals surface area contributed by atoms with Gasteiger partial charge in [0.05, 0.1) is 15.5 Å². The minimum absolute atomic E-state index is 0.0105. The highest BCUT2D eigenvalue weighted by Crippen LogP contribution is 2.26. The summed E-state index contributed by atoms with van der Waals surface area (Å²) in [6, 6.07) is 18.0. The summed E-state index contributed by atoms with van der Waals surface area (Å²) >= 11 is 12.1. The summed E-state index contributed by atoms with van der Waals surface area (Å²) in [7, 11) is 0. The minimum atomic E-state index is -0.586. The molecule has 1 aliphatic heterocycles. The zero-order chi connectivity index (χ0) is 22.7. The number of hydrogen-bond donors (Lipinski definition) is 0. The van der Waals surface area contributed by atoms with Gasteiger partial charge in [-0.15, -0.1) is 0 Å². The molecule has 3 aromatic rings. The van der Waals surface area contributed by atoms with Crippen LogP contribution < -0.4 is 4.74 Å². The first-order valence-electron chi connectivity index (χ1n) is 9.33. The third kappa shape index (κ3) is 4.96. The average Bonchev–Trinajstić information content (AvgIpc) is 3.13. The van der Waals surface area contributed by atoms with Gasteiger partial charge in [-0.3, -0.25) is 10.1 Å². The molecule has 0 fully saturated rings. The van der Waals surface area contributed by atoms with Crippen molar-refractivity contribution in [2.24, 2.45) is 4.99 Å². The Kier molecular flexibility index (Phi) is 6.20. The van der Waals surface area contributed by atoms with Crippen LogP contribution in [0.5, 0.6) is 5.75 Å². The Balaban J connectivity index is 1.46. The fraction of sp³-hybridized carbons (Fsp3) is 0.0435. The highest BCUT2D eigenvalue weighted by molar-refractivity contribution is 6.37. The van der Waals surface area contributed by atoms with Crippen LogP contribution in [0.4, 0.5) is 5.69 Å². The number of nitro groups is 1. The van der Waals surface area contributed by atoms with Crippen molar-refractivity contribution < 1.29 is 19.2 Å². The summed E-state index contributed by atoms with van der Waals surface area (Å²) in [6.07, 6.45) is 1.59. The fourth-order valence-electron chi connectivity index (χ4n) is 2.93. The number of benzene rings is 3. The van der Waals surface area contributed by atoms with E-state index in [1.807, 2.05) is 0 Å². The van der Waals surface area contributed by atoms with Gasteiger partial charge >= 0.3 is 5.97 Å². The molecule has 0 atom stereocenters. The van der Waals surface area contributed by atoms with Gasteiger partial charge in [-0.1, -0.05) is 47.5 Å². The van der Waals surface area contributed by atoms with Crippen LogP contribution in [-0.4, -0.2) is 16.8 Å². The Bertz CT molecular complexity index is 1270. The summed E-state index contributed by atoms with van der Waals surface area (Å²) in [6.45, 7) is 0.184. The predicted molar refractivity (Wildman–Crippen MR) is 121 cm³/mol. The van der Waals surface area contributed by atoms with Gasteiger partial charge in [0, 0.05) is 17.2 Å². The van der Waals surface area contributed by atoms with E-state index in [0.717, 1.165) is 0 Å². The number of carbonyl (C=O) groups is 1. The SMILES string of the molecule is O=C1OC(c2ccc(Cl)cc2Cl)=N/C1=C\c1ccc(OCc2cccc([N+](=O)[O-])c2)cc1. The van der Waals surface area contributed by atoms with Crippen LogP contribution in [0.2, 0.25) is 10.0 Å². The molecule has 0 N–H and O–H groups in total. The number of nitro benzene ring substituents is 1. The van der Waals surface area contributed by atoms with Crippen molar-refractivity contribution in [1.29, 1.82) is 0 Å². The standard InChI is InChI=1S/C23H14Cl2N2O5/c24-16-6-9-19(20(25)12-16)22-26-21(23(28)32-22)11-14-4-7-18(8-5-14)31-13-15-2-1-3-17(10-15)27(29)30/h1-12H,13H2/b21-11-. The lowest BCUT2D eigenvalue weighted by atomic mass is 10.2. The highest BCUT2D eigenvalue weighted by Gasteiger charge is 2.25. The second-order valence-corrected chi connectivity index (χ2v) is 7.59. The molecule has 1 aliphatic rings. The summed E-state index contributed by atoms with van der Waals surface area (Å²) in [5.41, 5.74) is 2.01. The Morgan fingerprint density at radius 3 is 2.56 bits per heavy atom. The summed E-state index contributed by atoms with van der Waals surface area (Å²) in [5.74, 6) is 0.0987. The number of hydrogen-bond acceptors (Lipinski definition) is 6. The van der Waals surface area contributed by atoms with E-state index in [9.17, 15) is 14.9 Å². The maximum absolute atomic E-state index is 12.2. The minimum Gasteiger partial charge on any atom is -0.489 e. The molecule has 0 aromatic heterocycles. The monoisotopic (exact) mass is 468 g/mol. The second-order valence-electron chi connectivity index (χ2n) is 6.74. The van der Waals surface area contributed by atoms with Crippen molar-refractivity contribution >= 4 is 46.8 Å². The van der Waals surface area contributed by atoms with Crippen LogP contribution in [0.3, 0.4) is 0 Å². The molecule has 0 radical (unpaired) electrons. The van der Waals surface area contributed by atoms with Crippen LogP contribution >= 0.6 is 23.2 Å². The van der Waals surface area contributed by atoms with E-state index in [1.165, 1.54) is 12.1 Å². The molecule has 160 valence electrons. The first kappa shape index (κ1) is 21.5. The van der Waals surface area contributed by atoms with Crippen molar-refractivity contribution in [3.63, 3.8) is 0 Å². The molecular formula is C23H14Cl2N2O5. The van der Waals surface area contributed by atoms with Crippen molar-refractivity contribution in [3.8, 4) is 5.75 Å². The maximum Gasteiger partial charge on any atom is 0.363 e. The largest absolute Gasteiger partial charge is 0.489 e. The number of cyclic esters (lactones) is 1. The molecule has 0 unspecified atom stereocenters. The van der Waals surface area contributed by atoms with E-state index in [0.29, 0.717) is 32.5 Å². The van der Waals surface area contributed by atoms with E-state index in [4.69, 9.17) is 32.7 Å². The van der Waals surface area contributed by atoms with E-state index < -0.39 is 10.9 Å². The quantitative estimate of drug-likeness (QED) is 0.196. The Morgan fingerprint density at radius 2 is 1.84 bits per heavy atom. The van der Waals surface area contributed by atoms with Gasteiger partial charge in [0.1, 0.15) is 12.4 Å². The Hall–Kier alpha value is -3.68. The van der Waals surface area contributed by atoms with Gasteiger partial charge in [0.15, 0.2) is 5.70 Å². The van der Waals surface area contributed by atoms with E-state index in [-0.39, 0.29) is 23.9 Å². The van der Waals surface area contributed by atoms with Crippen molar-refractivity contribution in [3.05, 3.63) is 109 Å². The number of nitrogens with zero attached hydrogens (tertiary/aromatic N) is 2. The van der Waals surface area contributed by atoms with Crippen molar-refractivity contribution in [1.82, 2.24) is 0 Å². The molecule has 0 spiro atoms. The number of aliphatic imine (C=N–C) groups is 1. The second kappa shape index (κ2) is 9.21. The molecule has 32 heavy (non-hydrogen) atoms. The topological polar surface area (TPSA) is 91.0 Å². The third-order valence-corrected chi connectivity index (χ3v) is 5.04. The summed E-state index contributed by atoms with van der Waals surface area (Å²) in [4.78, 5) is 26.9. The number of halogens is 2. The lowest BCUT2D eigenvalue weighted by molar-refractivity contribution is -0.384. The smallest absolute Gasteiger partial charge is 0.363 e.